The summed E-state index contributed by atoms with van der Waals surface area (Å²) in [6, 6.07) is -0.660. The summed E-state index contributed by atoms with van der Waals surface area (Å²) < 4.78 is 23.3. The van der Waals surface area contributed by atoms with Crippen molar-refractivity contribution in [2.24, 2.45) is 11.1 Å². The molecular formula is C6H14N2O4S. The van der Waals surface area contributed by atoms with Gasteiger partial charge in [0.05, 0.1) is 6.42 Å². The largest absolute Gasteiger partial charge is 0.481 e. The highest BCUT2D eigenvalue weighted by Gasteiger charge is 2.20. The van der Waals surface area contributed by atoms with E-state index in [9.17, 15) is 13.2 Å². The number of carboxylic acids is 1. The Morgan fingerprint density at radius 1 is 1.54 bits per heavy atom. The molecule has 0 aliphatic heterocycles. The standard InChI is InChI=1S/C6H14N2O4S/c1-4(2)5(3-6(9)10)8-13(7,11)12/h4-5,8H,3H2,1-2H3,(H,9,10)(H2,7,11,12)/t5-/m0/s1. The molecule has 0 bridgehead atoms. The highest BCUT2D eigenvalue weighted by Crippen LogP contribution is 2.06. The van der Waals surface area contributed by atoms with E-state index in [1.807, 2.05) is 0 Å². The van der Waals surface area contributed by atoms with E-state index in [2.05, 4.69) is 4.72 Å². The Kier molecular flexibility index (Phi) is 4.31. The summed E-state index contributed by atoms with van der Waals surface area (Å²) in [5.41, 5.74) is 0. The maximum absolute atomic E-state index is 10.6. The van der Waals surface area contributed by atoms with Crippen LogP contribution in [-0.4, -0.2) is 25.5 Å². The highest BCUT2D eigenvalue weighted by molar-refractivity contribution is 7.87. The molecule has 0 saturated carbocycles. The van der Waals surface area contributed by atoms with Crippen molar-refractivity contribution in [1.82, 2.24) is 4.72 Å². The molecule has 13 heavy (non-hydrogen) atoms. The molecule has 4 N–H and O–H groups in total. The van der Waals surface area contributed by atoms with Crippen LogP contribution in [0.25, 0.3) is 0 Å². The fraction of sp³-hybridized carbons (Fsp3) is 0.833. The first-order chi connectivity index (χ1) is 5.72. The first-order valence-corrected chi connectivity index (χ1v) is 5.29. The quantitative estimate of drug-likeness (QED) is 0.556. The number of aliphatic carboxylic acids is 1. The molecular weight excluding hydrogens is 196 g/mol. The average molecular weight is 210 g/mol. The third kappa shape index (κ3) is 6.50. The zero-order valence-corrected chi connectivity index (χ0v) is 8.34. The summed E-state index contributed by atoms with van der Waals surface area (Å²) in [4.78, 5) is 10.3. The number of nitrogens with two attached hydrogens (primary N) is 1. The molecule has 1 atom stereocenters. The maximum Gasteiger partial charge on any atom is 0.304 e. The van der Waals surface area contributed by atoms with Crippen molar-refractivity contribution in [2.45, 2.75) is 26.3 Å². The van der Waals surface area contributed by atoms with Crippen molar-refractivity contribution in [3.05, 3.63) is 0 Å². The average Bonchev–Trinajstić information content (AvgIpc) is 1.81. The van der Waals surface area contributed by atoms with Gasteiger partial charge in [0, 0.05) is 6.04 Å². The van der Waals surface area contributed by atoms with Gasteiger partial charge in [-0.2, -0.15) is 13.1 Å². The van der Waals surface area contributed by atoms with Crippen LogP contribution in [0.4, 0.5) is 0 Å². The second-order valence-electron chi connectivity index (χ2n) is 3.11. The summed E-state index contributed by atoms with van der Waals surface area (Å²) in [7, 11) is -3.83. The van der Waals surface area contributed by atoms with E-state index in [0.29, 0.717) is 0 Å². The Hall–Kier alpha value is -0.660. The highest BCUT2D eigenvalue weighted by atomic mass is 32.2. The van der Waals surface area contributed by atoms with Gasteiger partial charge in [0.2, 0.25) is 0 Å². The molecule has 0 saturated heterocycles. The van der Waals surface area contributed by atoms with Gasteiger partial charge in [0.15, 0.2) is 0 Å². The van der Waals surface area contributed by atoms with Gasteiger partial charge < -0.3 is 5.11 Å². The molecule has 0 unspecified atom stereocenters. The van der Waals surface area contributed by atoms with Gasteiger partial charge in [0.25, 0.3) is 10.2 Å². The smallest absolute Gasteiger partial charge is 0.304 e. The third-order valence-electron chi connectivity index (χ3n) is 1.51. The summed E-state index contributed by atoms with van der Waals surface area (Å²) in [6.45, 7) is 3.43. The summed E-state index contributed by atoms with van der Waals surface area (Å²) >= 11 is 0. The monoisotopic (exact) mass is 210 g/mol. The van der Waals surface area contributed by atoms with E-state index in [0.717, 1.165) is 0 Å². The minimum absolute atomic E-state index is 0.116. The van der Waals surface area contributed by atoms with E-state index in [1.54, 1.807) is 13.8 Å². The number of hydrogen-bond acceptors (Lipinski definition) is 3. The van der Waals surface area contributed by atoms with Crippen LogP contribution < -0.4 is 9.86 Å². The van der Waals surface area contributed by atoms with Gasteiger partial charge >= 0.3 is 5.97 Å². The molecule has 0 rings (SSSR count). The molecule has 0 amide bonds. The van der Waals surface area contributed by atoms with Crippen molar-refractivity contribution in [3.8, 4) is 0 Å². The topological polar surface area (TPSA) is 109 Å². The molecule has 0 aliphatic rings. The lowest BCUT2D eigenvalue weighted by Gasteiger charge is -2.18. The SMILES string of the molecule is CC(C)[C@H](CC(=O)O)NS(N)(=O)=O. The van der Waals surface area contributed by atoms with Gasteiger partial charge in [0.1, 0.15) is 0 Å². The number of carbonyl (C=O) groups is 1. The van der Waals surface area contributed by atoms with Gasteiger partial charge in [-0.1, -0.05) is 13.8 Å². The number of rotatable bonds is 5. The van der Waals surface area contributed by atoms with E-state index >= 15 is 0 Å². The molecule has 0 aromatic rings. The van der Waals surface area contributed by atoms with Crippen molar-refractivity contribution in [3.63, 3.8) is 0 Å². The van der Waals surface area contributed by atoms with Crippen LogP contribution in [0.15, 0.2) is 0 Å². The van der Waals surface area contributed by atoms with Crippen LogP contribution in [0, 0.1) is 5.92 Å². The predicted octanol–water partition coefficient (Wildman–Crippen LogP) is -0.721. The normalized spacial score (nSPS) is 14.5. The summed E-state index contributed by atoms with van der Waals surface area (Å²) in [6.07, 6.45) is -0.270. The first kappa shape index (κ1) is 12.3. The van der Waals surface area contributed by atoms with Crippen molar-refractivity contribution < 1.29 is 18.3 Å². The zero-order chi connectivity index (χ0) is 10.6. The molecule has 0 radical (unpaired) electrons. The second-order valence-corrected chi connectivity index (χ2v) is 4.44. The van der Waals surface area contributed by atoms with E-state index < -0.39 is 22.2 Å². The van der Waals surface area contributed by atoms with Gasteiger partial charge in [-0.05, 0) is 5.92 Å². The van der Waals surface area contributed by atoms with Crippen LogP contribution in [0.5, 0.6) is 0 Å². The maximum atomic E-state index is 10.6. The van der Waals surface area contributed by atoms with Crippen molar-refractivity contribution in [2.75, 3.05) is 0 Å². The Bertz CT molecular complexity index is 272. The van der Waals surface area contributed by atoms with Gasteiger partial charge in [-0.3, -0.25) is 4.79 Å². The van der Waals surface area contributed by atoms with Crippen LogP contribution in [0.3, 0.4) is 0 Å². The van der Waals surface area contributed by atoms with Crippen molar-refractivity contribution >= 4 is 16.2 Å². The molecule has 0 aromatic carbocycles. The minimum Gasteiger partial charge on any atom is -0.481 e. The van der Waals surface area contributed by atoms with E-state index in [-0.39, 0.29) is 12.3 Å². The van der Waals surface area contributed by atoms with Crippen LogP contribution in [0.1, 0.15) is 20.3 Å². The van der Waals surface area contributed by atoms with E-state index in [1.165, 1.54) is 0 Å². The van der Waals surface area contributed by atoms with E-state index in [4.69, 9.17) is 10.2 Å². The number of hydrogen-bond donors (Lipinski definition) is 3. The number of carboxylic acid groups (broad SMARTS) is 1. The molecule has 0 aromatic heterocycles. The molecule has 6 nitrogen and oxygen atoms in total. The fourth-order valence-corrected chi connectivity index (χ4v) is 1.59. The Morgan fingerprint density at radius 3 is 2.23 bits per heavy atom. The second kappa shape index (κ2) is 4.54. The summed E-state index contributed by atoms with van der Waals surface area (Å²) in [5, 5.41) is 13.2. The zero-order valence-electron chi connectivity index (χ0n) is 7.52. The van der Waals surface area contributed by atoms with Crippen LogP contribution >= 0.6 is 0 Å². The van der Waals surface area contributed by atoms with Crippen LogP contribution in [0.2, 0.25) is 0 Å². The molecule has 0 aliphatic carbocycles. The molecule has 7 heteroatoms. The third-order valence-corrected chi connectivity index (χ3v) is 2.15. The fourth-order valence-electron chi connectivity index (χ4n) is 0.813. The lowest BCUT2D eigenvalue weighted by molar-refractivity contribution is -0.137. The first-order valence-electron chi connectivity index (χ1n) is 3.74. The Balaban J connectivity index is 4.36. The summed E-state index contributed by atoms with van der Waals surface area (Å²) in [5.74, 6) is -1.18. The van der Waals surface area contributed by atoms with Gasteiger partial charge in [-0.25, -0.2) is 5.14 Å². The van der Waals surface area contributed by atoms with Crippen molar-refractivity contribution in [1.29, 1.82) is 0 Å². The lowest BCUT2D eigenvalue weighted by Crippen LogP contribution is -2.43. The molecule has 0 fully saturated rings. The minimum atomic E-state index is -3.83. The predicted molar refractivity (Wildman–Crippen MR) is 47.1 cm³/mol. The number of nitrogens with one attached hydrogen (secondary N) is 1. The van der Waals surface area contributed by atoms with Crippen LogP contribution in [-0.2, 0) is 15.0 Å². The lowest BCUT2D eigenvalue weighted by atomic mass is 10.0. The molecule has 0 spiro atoms. The molecule has 0 heterocycles. The van der Waals surface area contributed by atoms with Gasteiger partial charge in [-0.15, -0.1) is 0 Å². The Labute approximate surface area is 77.3 Å². The Morgan fingerprint density at radius 2 is 2.00 bits per heavy atom. The molecule has 78 valence electrons.